The second kappa shape index (κ2) is 8.10. The zero-order chi connectivity index (χ0) is 16.8. The van der Waals surface area contributed by atoms with E-state index in [9.17, 15) is 4.79 Å². The van der Waals surface area contributed by atoms with Gasteiger partial charge in [0.1, 0.15) is 0 Å². The first-order chi connectivity index (χ1) is 11.7. The Balaban J connectivity index is 1.48. The Morgan fingerprint density at radius 2 is 2.08 bits per heavy atom. The summed E-state index contributed by atoms with van der Waals surface area (Å²) in [6.07, 6.45) is 0. The average molecular weight is 362 g/mol. The topological polar surface area (TPSA) is 67.2 Å². The van der Waals surface area contributed by atoms with Crippen molar-refractivity contribution in [2.45, 2.75) is 19.6 Å². The fourth-order valence-electron chi connectivity index (χ4n) is 2.15. The van der Waals surface area contributed by atoms with Gasteiger partial charge >= 0.3 is 0 Å². The number of hydrogen-bond acceptors (Lipinski definition) is 5. The number of rotatable bonds is 7. The fraction of sp³-hybridized carbons (Fsp3) is 0.176. The number of halogens is 1. The number of aromatic nitrogens is 1. The first-order valence-electron chi connectivity index (χ1n) is 7.42. The van der Waals surface area contributed by atoms with Crippen LogP contribution in [-0.2, 0) is 19.6 Å². The van der Waals surface area contributed by atoms with Crippen molar-refractivity contribution in [3.63, 3.8) is 0 Å². The molecule has 0 atom stereocenters. The molecule has 0 bridgehead atoms. The summed E-state index contributed by atoms with van der Waals surface area (Å²) in [6, 6.07) is 13.1. The lowest BCUT2D eigenvalue weighted by atomic mass is 10.2. The zero-order valence-corrected chi connectivity index (χ0v) is 14.4. The van der Waals surface area contributed by atoms with Crippen molar-refractivity contribution in [3.8, 4) is 0 Å². The molecule has 2 aromatic heterocycles. The van der Waals surface area contributed by atoms with Crippen LogP contribution < -0.4 is 10.6 Å². The predicted octanol–water partition coefficient (Wildman–Crippen LogP) is 3.61. The molecule has 3 aromatic rings. The van der Waals surface area contributed by atoms with Crippen molar-refractivity contribution in [1.29, 1.82) is 0 Å². The van der Waals surface area contributed by atoms with E-state index in [2.05, 4.69) is 21.9 Å². The SMILES string of the molecule is O=C(NCc1cccc(Cl)c1)c1cc(CNCc2cccs2)on1. The van der Waals surface area contributed by atoms with E-state index in [1.54, 1.807) is 23.5 Å². The molecule has 3 rings (SSSR count). The highest BCUT2D eigenvalue weighted by atomic mass is 35.5. The molecule has 1 aromatic carbocycles. The number of nitrogens with zero attached hydrogens (tertiary/aromatic N) is 1. The van der Waals surface area contributed by atoms with E-state index in [0.717, 1.165) is 12.1 Å². The molecule has 1 amide bonds. The summed E-state index contributed by atoms with van der Waals surface area (Å²) in [5.74, 6) is 0.350. The molecule has 0 radical (unpaired) electrons. The maximum Gasteiger partial charge on any atom is 0.273 e. The van der Waals surface area contributed by atoms with E-state index in [1.165, 1.54) is 4.88 Å². The standard InChI is InChI=1S/C17H16ClN3O2S/c18-13-4-1-3-12(7-13)9-20-17(22)16-8-14(23-21-16)10-19-11-15-5-2-6-24-15/h1-8,19H,9-11H2,(H,20,22). The van der Waals surface area contributed by atoms with Crippen LogP contribution in [0, 0.1) is 0 Å². The van der Waals surface area contributed by atoms with Crippen molar-refractivity contribution >= 4 is 28.8 Å². The van der Waals surface area contributed by atoms with Crippen LogP contribution in [0.3, 0.4) is 0 Å². The van der Waals surface area contributed by atoms with Crippen molar-refractivity contribution in [2.75, 3.05) is 0 Å². The summed E-state index contributed by atoms with van der Waals surface area (Å²) >= 11 is 7.61. The number of hydrogen-bond donors (Lipinski definition) is 2. The van der Waals surface area contributed by atoms with Crippen molar-refractivity contribution in [1.82, 2.24) is 15.8 Å². The Bertz CT molecular complexity index is 802. The fourth-order valence-corrected chi connectivity index (χ4v) is 3.03. The van der Waals surface area contributed by atoms with E-state index in [0.29, 0.717) is 23.9 Å². The van der Waals surface area contributed by atoms with Gasteiger partial charge in [-0.15, -0.1) is 11.3 Å². The number of nitrogens with one attached hydrogen (secondary N) is 2. The van der Waals surface area contributed by atoms with E-state index in [1.807, 2.05) is 29.6 Å². The molecular weight excluding hydrogens is 346 g/mol. The molecule has 124 valence electrons. The van der Waals surface area contributed by atoms with Crippen molar-refractivity contribution in [2.24, 2.45) is 0 Å². The van der Waals surface area contributed by atoms with Crippen LogP contribution in [0.25, 0.3) is 0 Å². The second-order valence-corrected chi connectivity index (χ2v) is 6.64. The lowest BCUT2D eigenvalue weighted by Gasteiger charge is -2.03. The Kier molecular flexibility index (Phi) is 5.63. The minimum Gasteiger partial charge on any atom is -0.359 e. The zero-order valence-electron chi connectivity index (χ0n) is 12.8. The molecule has 0 spiro atoms. The Morgan fingerprint density at radius 1 is 1.17 bits per heavy atom. The summed E-state index contributed by atoms with van der Waals surface area (Å²) in [5.41, 5.74) is 1.20. The van der Waals surface area contributed by atoms with Gasteiger partial charge in [-0.2, -0.15) is 0 Å². The molecule has 0 aliphatic heterocycles. The Morgan fingerprint density at radius 3 is 2.88 bits per heavy atom. The number of carbonyl (C=O) groups excluding carboxylic acids is 1. The number of amides is 1. The maximum atomic E-state index is 12.1. The molecule has 0 unspecified atom stereocenters. The van der Waals surface area contributed by atoms with Crippen LogP contribution in [0.15, 0.2) is 52.4 Å². The molecule has 0 saturated carbocycles. The summed E-state index contributed by atoms with van der Waals surface area (Å²) in [5, 5.41) is 12.5. The second-order valence-electron chi connectivity index (χ2n) is 5.17. The highest BCUT2D eigenvalue weighted by Gasteiger charge is 2.12. The summed E-state index contributed by atoms with van der Waals surface area (Å²) < 4.78 is 5.19. The first kappa shape index (κ1) is 16.7. The van der Waals surface area contributed by atoms with Crippen molar-refractivity contribution < 1.29 is 9.32 Å². The van der Waals surface area contributed by atoms with Crippen LogP contribution in [0.4, 0.5) is 0 Å². The van der Waals surface area contributed by atoms with Gasteiger partial charge in [-0.05, 0) is 29.1 Å². The third-order valence-corrected chi connectivity index (χ3v) is 4.42. The van der Waals surface area contributed by atoms with Gasteiger partial charge in [0.25, 0.3) is 5.91 Å². The summed E-state index contributed by atoms with van der Waals surface area (Å²) in [6.45, 7) is 1.67. The molecule has 0 aliphatic carbocycles. The minimum absolute atomic E-state index is 0.268. The monoisotopic (exact) mass is 361 g/mol. The highest BCUT2D eigenvalue weighted by Crippen LogP contribution is 2.11. The van der Waals surface area contributed by atoms with Crippen LogP contribution in [0.2, 0.25) is 5.02 Å². The third kappa shape index (κ3) is 4.67. The first-order valence-corrected chi connectivity index (χ1v) is 8.68. The van der Waals surface area contributed by atoms with Crippen LogP contribution in [-0.4, -0.2) is 11.1 Å². The molecule has 2 heterocycles. The van der Waals surface area contributed by atoms with Gasteiger partial charge in [0, 0.05) is 29.1 Å². The van der Waals surface area contributed by atoms with Gasteiger partial charge in [0.05, 0.1) is 6.54 Å². The largest absolute Gasteiger partial charge is 0.359 e. The third-order valence-electron chi connectivity index (χ3n) is 3.31. The minimum atomic E-state index is -0.275. The predicted molar refractivity (Wildman–Crippen MR) is 94.0 cm³/mol. The number of carbonyl (C=O) groups is 1. The molecule has 7 heteroatoms. The van der Waals surface area contributed by atoms with Gasteiger partial charge in [-0.25, -0.2) is 0 Å². The van der Waals surface area contributed by atoms with Gasteiger partial charge in [0.2, 0.25) is 0 Å². The van der Waals surface area contributed by atoms with Gasteiger partial charge in [-0.1, -0.05) is 35.0 Å². The van der Waals surface area contributed by atoms with E-state index >= 15 is 0 Å². The molecule has 24 heavy (non-hydrogen) atoms. The number of thiophene rings is 1. The van der Waals surface area contributed by atoms with Crippen LogP contribution in [0.1, 0.15) is 26.7 Å². The maximum absolute atomic E-state index is 12.1. The average Bonchev–Trinajstić information content (AvgIpc) is 3.25. The molecular formula is C17H16ClN3O2S. The van der Waals surface area contributed by atoms with Crippen LogP contribution >= 0.6 is 22.9 Å². The van der Waals surface area contributed by atoms with Crippen molar-refractivity contribution in [3.05, 3.63) is 74.8 Å². The smallest absolute Gasteiger partial charge is 0.273 e. The number of benzene rings is 1. The molecule has 0 aliphatic rings. The lowest BCUT2D eigenvalue weighted by molar-refractivity contribution is 0.0941. The molecule has 5 nitrogen and oxygen atoms in total. The molecule has 0 saturated heterocycles. The van der Waals surface area contributed by atoms with Gasteiger partial charge in [0.15, 0.2) is 11.5 Å². The summed E-state index contributed by atoms with van der Waals surface area (Å²) in [7, 11) is 0. The highest BCUT2D eigenvalue weighted by molar-refractivity contribution is 7.09. The normalized spacial score (nSPS) is 10.7. The molecule has 2 N–H and O–H groups in total. The quantitative estimate of drug-likeness (QED) is 0.674. The van der Waals surface area contributed by atoms with Gasteiger partial charge in [-0.3, -0.25) is 4.79 Å². The van der Waals surface area contributed by atoms with Gasteiger partial charge < -0.3 is 15.2 Å². The molecule has 0 fully saturated rings. The Labute approximate surface area is 148 Å². The summed E-state index contributed by atoms with van der Waals surface area (Å²) in [4.78, 5) is 13.3. The lowest BCUT2D eigenvalue weighted by Crippen LogP contribution is -2.23. The Hall–Kier alpha value is -2.15. The van der Waals surface area contributed by atoms with Crippen LogP contribution in [0.5, 0.6) is 0 Å². The van der Waals surface area contributed by atoms with E-state index < -0.39 is 0 Å². The van der Waals surface area contributed by atoms with E-state index in [-0.39, 0.29) is 11.6 Å². The van der Waals surface area contributed by atoms with E-state index in [4.69, 9.17) is 16.1 Å².